The molecule has 0 amide bonds. The monoisotopic (exact) mass is 1080 g/mol. The SMILES string of the molecule is CCCCCC/C=C\CCCCCCCCCC(=O)OC[C@@H]1COP(=O)(O)OP(=O)(O)OC[C@H]2O[C@@H](n3ccc(N)nc3=O)[C@@H](CCCCCCC(=O)O1)C(=O)C[C@@H](O)[C@H](C=C[C@@H](O)CCCCC)[C@H](O)[C@@H]2O. The molecule has 11 atom stereocenters. The summed E-state index contributed by atoms with van der Waals surface area (Å²) in [5.41, 5.74) is 4.75. The van der Waals surface area contributed by atoms with Crippen LogP contribution in [-0.4, -0.2) is 114 Å². The zero-order valence-electron chi connectivity index (χ0n) is 42.9. The summed E-state index contributed by atoms with van der Waals surface area (Å²) in [5, 5.41) is 45.5. The van der Waals surface area contributed by atoms with Crippen molar-refractivity contribution in [2.24, 2.45) is 11.8 Å². The zero-order chi connectivity index (χ0) is 53.7. The van der Waals surface area contributed by atoms with E-state index < -0.39 is 120 Å². The standard InChI is InChI=1S/C50H85N3O18P2/c1-3-5-7-8-9-10-11-12-13-14-15-16-17-18-23-27-45(57)66-34-38-35-67-72(62,63)71-73(64,65)68-36-43-48(60)47(59)39(30-29-37(54)25-21-6-4-2)41(55)33-42(56)40(26-22-19-20-24-28-46(58)69-38)49(70-43)53-32-31-44(51)52-50(53)61/h10-11,29-32,37-41,43,47-49,54-55,59-60H,3-9,12-28,33-36H2,1-2H3,(H,62,63)(H,64,65)(H2,51,52,61)/b11-10-,30-29?/t37-,38+,39-,40-,41+,43+,47-,48+,49+/m0/s1. The number of esters is 2. The van der Waals surface area contributed by atoms with Gasteiger partial charge in [0.2, 0.25) is 0 Å². The molecule has 0 spiro atoms. The fraction of sp³-hybridized carbons (Fsp3) is 0.780. The van der Waals surface area contributed by atoms with E-state index in [2.05, 4.69) is 28.4 Å². The highest BCUT2D eigenvalue weighted by atomic mass is 31.3. The maximum atomic E-state index is 14.3. The number of phosphoric acid groups is 2. The number of aliphatic hydroxyl groups is 4. The lowest BCUT2D eigenvalue weighted by atomic mass is 9.83. The van der Waals surface area contributed by atoms with Crippen molar-refractivity contribution in [3.05, 3.63) is 47.1 Å². The van der Waals surface area contributed by atoms with Crippen LogP contribution in [0.15, 0.2) is 41.4 Å². The number of unbranched alkanes of at least 4 members (excludes halogenated alkanes) is 13. The fourth-order valence-corrected chi connectivity index (χ4v) is 10.8. The van der Waals surface area contributed by atoms with Gasteiger partial charge in [-0.2, -0.15) is 9.29 Å². The number of allylic oxidation sites excluding steroid dienone is 2. The summed E-state index contributed by atoms with van der Waals surface area (Å²) in [5.74, 6) is -4.92. The lowest BCUT2D eigenvalue weighted by molar-refractivity contribution is -0.184. The number of Topliss-reactive ketones (excluding diaryl/α,β-unsaturated/α-hetero) is 1. The number of cyclic esters (lactones) is 1. The van der Waals surface area contributed by atoms with E-state index in [1.807, 2.05) is 6.92 Å². The molecule has 418 valence electrons. The molecular formula is C50H85N3O18P2. The number of nitrogen functional groups attached to an aromatic ring is 1. The summed E-state index contributed by atoms with van der Waals surface area (Å²) in [6, 6.07) is 1.23. The van der Waals surface area contributed by atoms with Crippen LogP contribution < -0.4 is 11.4 Å². The van der Waals surface area contributed by atoms with Crippen LogP contribution in [0.5, 0.6) is 0 Å². The molecule has 0 radical (unpaired) electrons. The number of carbonyl (C=O) groups excluding carboxylic acids is 3. The first-order valence-electron chi connectivity index (χ1n) is 26.5. The van der Waals surface area contributed by atoms with Crippen molar-refractivity contribution < 1.29 is 81.3 Å². The number of aliphatic hydroxyl groups excluding tert-OH is 4. The molecule has 2 fully saturated rings. The Bertz CT molecular complexity index is 1990. The molecule has 73 heavy (non-hydrogen) atoms. The molecule has 0 saturated carbocycles. The number of nitrogens with zero attached hydrogens (tertiary/aromatic N) is 2. The summed E-state index contributed by atoms with van der Waals surface area (Å²) < 4.78 is 58.9. The number of aromatic nitrogens is 2. The summed E-state index contributed by atoms with van der Waals surface area (Å²) in [6.07, 6.45) is 13.9. The molecule has 3 heterocycles. The molecule has 23 heteroatoms. The molecule has 0 aromatic carbocycles. The first kappa shape index (κ1) is 64.1. The van der Waals surface area contributed by atoms with E-state index >= 15 is 0 Å². The third-order valence-electron chi connectivity index (χ3n) is 12.9. The summed E-state index contributed by atoms with van der Waals surface area (Å²) in [4.78, 5) is 78.4. The van der Waals surface area contributed by atoms with E-state index in [9.17, 15) is 58.5 Å². The molecule has 2 bridgehead atoms. The van der Waals surface area contributed by atoms with Crippen LogP contribution in [0.1, 0.15) is 181 Å². The maximum Gasteiger partial charge on any atom is 0.481 e. The number of ketones is 1. The van der Waals surface area contributed by atoms with E-state index in [0.29, 0.717) is 38.5 Å². The van der Waals surface area contributed by atoms with E-state index in [1.54, 1.807) is 0 Å². The quantitative estimate of drug-likeness (QED) is 0.0227. The Labute approximate surface area is 430 Å². The number of ether oxygens (including phenoxy) is 3. The van der Waals surface area contributed by atoms with E-state index in [0.717, 1.165) is 68.8 Å². The van der Waals surface area contributed by atoms with Crippen molar-refractivity contribution in [1.82, 2.24) is 9.55 Å². The first-order chi connectivity index (χ1) is 34.9. The van der Waals surface area contributed by atoms with Gasteiger partial charge in [0.25, 0.3) is 0 Å². The second-order valence-corrected chi connectivity index (χ2v) is 22.2. The minimum Gasteiger partial charge on any atom is -0.462 e. The van der Waals surface area contributed by atoms with Crippen molar-refractivity contribution in [2.75, 3.05) is 25.6 Å². The minimum atomic E-state index is -5.71. The second kappa shape index (κ2) is 35.2. The van der Waals surface area contributed by atoms with E-state index in [-0.39, 0.29) is 31.5 Å². The number of fused-ring (bicyclic) bond motifs is 3. The van der Waals surface area contributed by atoms with Gasteiger partial charge in [0.15, 0.2) is 6.10 Å². The highest BCUT2D eigenvalue weighted by Gasteiger charge is 2.45. The molecule has 2 unspecified atom stereocenters. The second-order valence-electron chi connectivity index (χ2n) is 19.2. The average molecular weight is 1080 g/mol. The molecule has 2 saturated heterocycles. The summed E-state index contributed by atoms with van der Waals surface area (Å²) in [7, 11) is -11.3. The molecule has 21 nitrogen and oxygen atoms in total. The van der Waals surface area contributed by atoms with Gasteiger partial charge in [0.1, 0.15) is 36.6 Å². The minimum absolute atomic E-state index is 0.00214. The lowest BCUT2D eigenvalue weighted by Gasteiger charge is -2.38. The molecule has 1 aromatic heterocycles. The highest BCUT2D eigenvalue weighted by Crippen LogP contribution is 2.60. The summed E-state index contributed by atoms with van der Waals surface area (Å²) in [6.45, 7) is 1.49. The Balaban J connectivity index is 1.75. The molecule has 2 aliphatic heterocycles. The van der Waals surface area contributed by atoms with Crippen molar-refractivity contribution in [2.45, 2.75) is 217 Å². The van der Waals surface area contributed by atoms with Crippen LogP contribution in [0.4, 0.5) is 5.82 Å². The topological polar surface area (TPSA) is 323 Å². The van der Waals surface area contributed by atoms with Crippen molar-refractivity contribution in [3.8, 4) is 0 Å². The average Bonchev–Trinajstić information content (AvgIpc) is 3.33. The van der Waals surface area contributed by atoms with Gasteiger partial charge in [-0.25, -0.2) is 13.9 Å². The predicted octanol–water partition coefficient (Wildman–Crippen LogP) is 7.59. The van der Waals surface area contributed by atoms with Gasteiger partial charge >= 0.3 is 33.3 Å². The molecule has 8 N–H and O–H groups in total. The molecule has 3 rings (SSSR count). The highest BCUT2D eigenvalue weighted by molar-refractivity contribution is 7.61. The Morgan fingerprint density at radius 1 is 0.849 bits per heavy atom. The smallest absolute Gasteiger partial charge is 0.462 e. The van der Waals surface area contributed by atoms with E-state index in [1.165, 1.54) is 50.1 Å². The number of hydrogen-bond donors (Lipinski definition) is 7. The fourth-order valence-electron chi connectivity index (χ4n) is 8.67. The number of phosphoric ester groups is 2. The molecule has 2 aliphatic rings. The Hall–Kier alpha value is -3.17. The first-order valence-corrected chi connectivity index (χ1v) is 29.4. The molecule has 1 aromatic rings. The zero-order valence-corrected chi connectivity index (χ0v) is 44.7. The van der Waals surface area contributed by atoms with Crippen LogP contribution in [-0.2, 0) is 51.1 Å². The summed E-state index contributed by atoms with van der Waals surface area (Å²) >= 11 is 0. The van der Waals surface area contributed by atoms with Crippen molar-refractivity contribution >= 4 is 39.2 Å². The number of rotatable bonds is 24. The van der Waals surface area contributed by atoms with Gasteiger partial charge in [-0.05, 0) is 57.4 Å². The van der Waals surface area contributed by atoms with E-state index in [4.69, 9.17) is 29.0 Å². The largest absolute Gasteiger partial charge is 0.481 e. The van der Waals surface area contributed by atoms with Crippen LogP contribution in [0.3, 0.4) is 0 Å². The number of hydrogen-bond acceptors (Lipinski definition) is 18. The molecular weight excluding hydrogens is 993 g/mol. The Kier molecular flexibility index (Phi) is 30.9. The number of anilines is 1. The predicted molar refractivity (Wildman–Crippen MR) is 271 cm³/mol. The van der Waals surface area contributed by atoms with Crippen LogP contribution >= 0.6 is 15.6 Å². The molecule has 0 aliphatic carbocycles. The van der Waals surface area contributed by atoms with Gasteiger partial charge in [0, 0.05) is 31.4 Å². The van der Waals surface area contributed by atoms with Gasteiger partial charge < -0.3 is 50.2 Å². The van der Waals surface area contributed by atoms with Gasteiger partial charge in [-0.1, -0.05) is 128 Å². The van der Waals surface area contributed by atoms with Gasteiger partial charge in [0.05, 0.1) is 37.4 Å². The van der Waals surface area contributed by atoms with Crippen molar-refractivity contribution in [1.29, 1.82) is 0 Å². The maximum absolute atomic E-state index is 14.3. The Morgan fingerprint density at radius 2 is 1.47 bits per heavy atom. The lowest BCUT2D eigenvalue weighted by Crippen LogP contribution is -2.51. The van der Waals surface area contributed by atoms with Gasteiger partial charge in [-0.3, -0.25) is 28.0 Å². The number of carbonyl (C=O) groups is 3. The number of nitrogens with two attached hydrogens (primary N) is 1. The van der Waals surface area contributed by atoms with Crippen molar-refractivity contribution in [3.63, 3.8) is 0 Å². The van der Waals surface area contributed by atoms with Gasteiger partial charge in [-0.15, -0.1) is 0 Å². The van der Waals surface area contributed by atoms with Crippen LogP contribution in [0.2, 0.25) is 0 Å². The normalized spacial score (nSPS) is 29.3. The third-order valence-corrected chi connectivity index (χ3v) is 15.5. The van der Waals surface area contributed by atoms with Crippen LogP contribution in [0.25, 0.3) is 0 Å². The third kappa shape index (κ3) is 26.0. The van der Waals surface area contributed by atoms with Crippen LogP contribution in [0, 0.1) is 11.8 Å². The Morgan fingerprint density at radius 3 is 2.14 bits per heavy atom.